The van der Waals surface area contributed by atoms with Crippen molar-refractivity contribution in [3.05, 3.63) is 56.2 Å². The maximum atomic E-state index is 14.4. The number of furan rings is 1. The summed E-state index contributed by atoms with van der Waals surface area (Å²) in [5.41, 5.74) is 2.08. The lowest BCUT2D eigenvalue weighted by Gasteiger charge is -2.07. The number of aromatic amines is 1. The largest absolute Gasteiger partial charge is 0.506 e. The molecule has 0 aliphatic carbocycles. The molecule has 0 bridgehead atoms. The third kappa shape index (κ3) is 3.24. The summed E-state index contributed by atoms with van der Waals surface area (Å²) in [5.74, 6) is 0.597. The molecule has 0 aliphatic heterocycles. The van der Waals surface area contributed by atoms with Crippen molar-refractivity contribution in [2.45, 2.75) is 12.8 Å². The van der Waals surface area contributed by atoms with Crippen molar-refractivity contribution < 1.29 is 13.9 Å². The zero-order valence-corrected chi connectivity index (χ0v) is 16.3. The van der Waals surface area contributed by atoms with E-state index in [1.54, 1.807) is 12.1 Å². The van der Waals surface area contributed by atoms with Gasteiger partial charge in [-0.3, -0.25) is 0 Å². The molecule has 0 aliphatic rings. The highest BCUT2D eigenvalue weighted by Crippen LogP contribution is 2.34. The van der Waals surface area contributed by atoms with Gasteiger partial charge in [0.1, 0.15) is 17.1 Å². The van der Waals surface area contributed by atoms with Gasteiger partial charge in [0.2, 0.25) is 5.82 Å². The number of phenolic OH excluding ortho intramolecular Hbond substituents is 1. The van der Waals surface area contributed by atoms with E-state index in [2.05, 4.69) is 52.5 Å². The van der Waals surface area contributed by atoms with Crippen LogP contribution >= 0.6 is 31.9 Å². The smallest absolute Gasteiger partial charge is 0.239 e. The standard InChI is InChI=1S/C17H11Br2FN4O2/c18-11-3-8(4-12(19)16(11)25)1-2-9-6-14-10(5-13(9)20)7-15(26-14)17-21-23-24-22-17/h3-7,25H,1-2H2,(H,21,22,23,24). The number of fused-ring (bicyclic) bond motifs is 1. The summed E-state index contributed by atoms with van der Waals surface area (Å²) in [4.78, 5) is 0. The molecule has 6 nitrogen and oxygen atoms in total. The van der Waals surface area contributed by atoms with E-state index in [0.717, 1.165) is 5.56 Å². The van der Waals surface area contributed by atoms with E-state index in [1.807, 2.05) is 12.1 Å². The van der Waals surface area contributed by atoms with Crippen LogP contribution < -0.4 is 0 Å². The molecule has 4 rings (SSSR count). The van der Waals surface area contributed by atoms with Crippen LogP contribution in [0, 0.1) is 5.82 Å². The van der Waals surface area contributed by atoms with Crippen LogP contribution in [0.5, 0.6) is 5.75 Å². The van der Waals surface area contributed by atoms with Crippen molar-refractivity contribution in [2.24, 2.45) is 0 Å². The summed E-state index contributed by atoms with van der Waals surface area (Å²) in [7, 11) is 0. The van der Waals surface area contributed by atoms with Gasteiger partial charge < -0.3 is 9.52 Å². The molecule has 0 spiro atoms. The summed E-state index contributed by atoms with van der Waals surface area (Å²) in [6.45, 7) is 0. The van der Waals surface area contributed by atoms with E-state index in [9.17, 15) is 9.50 Å². The van der Waals surface area contributed by atoms with Crippen LogP contribution in [0.4, 0.5) is 4.39 Å². The van der Waals surface area contributed by atoms with Crippen LogP contribution in [-0.2, 0) is 12.8 Å². The highest BCUT2D eigenvalue weighted by Gasteiger charge is 2.14. The normalized spacial score (nSPS) is 11.3. The number of tetrazole rings is 1. The predicted octanol–water partition coefficient (Wildman–Crippen LogP) is 4.77. The van der Waals surface area contributed by atoms with E-state index in [4.69, 9.17) is 4.42 Å². The molecule has 2 N–H and O–H groups in total. The maximum absolute atomic E-state index is 14.4. The Morgan fingerprint density at radius 1 is 1.08 bits per heavy atom. The van der Waals surface area contributed by atoms with Gasteiger partial charge in [0.15, 0.2) is 5.76 Å². The number of rotatable bonds is 4. The fourth-order valence-corrected chi connectivity index (χ4v) is 3.99. The Morgan fingerprint density at radius 2 is 1.85 bits per heavy atom. The number of aryl methyl sites for hydroxylation is 2. The van der Waals surface area contributed by atoms with E-state index < -0.39 is 0 Å². The van der Waals surface area contributed by atoms with Crippen LogP contribution in [0.15, 0.2) is 43.7 Å². The van der Waals surface area contributed by atoms with E-state index >= 15 is 0 Å². The summed E-state index contributed by atoms with van der Waals surface area (Å²) in [5, 5.41) is 24.0. The molecule has 4 aromatic rings. The lowest BCUT2D eigenvalue weighted by Crippen LogP contribution is -1.95. The minimum absolute atomic E-state index is 0.144. The molecule has 132 valence electrons. The Balaban J connectivity index is 1.61. The molecule has 0 amide bonds. The molecule has 0 unspecified atom stereocenters. The molecule has 0 fully saturated rings. The molecule has 26 heavy (non-hydrogen) atoms. The number of nitrogens with one attached hydrogen (secondary N) is 1. The second kappa shape index (κ2) is 6.81. The number of hydrogen-bond donors (Lipinski definition) is 2. The van der Waals surface area contributed by atoms with E-state index in [1.165, 1.54) is 6.07 Å². The second-order valence-corrected chi connectivity index (χ2v) is 7.44. The molecule has 0 radical (unpaired) electrons. The monoisotopic (exact) mass is 480 g/mol. The van der Waals surface area contributed by atoms with Crippen LogP contribution in [0.25, 0.3) is 22.6 Å². The van der Waals surface area contributed by atoms with Crippen molar-refractivity contribution >= 4 is 42.8 Å². The van der Waals surface area contributed by atoms with Crippen molar-refractivity contribution in [3.63, 3.8) is 0 Å². The second-order valence-electron chi connectivity index (χ2n) is 5.74. The number of aromatic nitrogens is 4. The quantitative estimate of drug-likeness (QED) is 0.438. The predicted molar refractivity (Wildman–Crippen MR) is 100 cm³/mol. The van der Waals surface area contributed by atoms with Gasteiger partial charge in [0.05, 0.1) is 8.95 Å². The lowest BCUT2D eigenvalue weighted by atomic mass is 10.0. The first-order chi connectivity index (χ1) is 12.5. The average molecular weight is 482 g/mol. The molecule has 9 heteroatoms. The zero-order valence-electron chi connectivity index (χ0n) is 13.1. The molecule has 2 aromatic carbocycles. The van der Waals surface area contributed by atoms with Crippen LogP contribution in [0.2, 0.25) is 0 Å². The SMILES string of the molecule is Oc1c(Br)cc(CCc2cc3oc(-c4nn[nH]n4)cc3cc2F)cc1Br. The molecule has 2 aromatic heterocycles. The maximum Gasteiger partial charge on any atom is 0.239 e. The third-order valence-corrected chi connectivity index (χ3v) is 5.22. The fourth-order valence-electron chi connectivity index (χ4n) is 2.71. The Morgan fingerprint density at radius 3 is 2.54 bits per heavy atom. The van der Waals surface area contributed by atoms with Gasteiger partial charge >= 0.3 is 0 Å². The van der Waals surface area contributed by atoms with Crippen LogP contribution in [0.1, 0.15) is 11.1 Å². The molecular formula is C17H11Br2FN4O2. The minimum atomic E-state index is -0.296. The topological polar surface area (TPSA) is 87.8 Å². The average Bonchev–Trinajstić information content (AvgIpc) is 3.26. The number of H-pyrrole nitrogens is 1. The lowest BCUT2D eigenvalue weighted by molar-refractivity contribution is 0.468. The summed E-state index contributed by atoms with van der Waals surface area (Å²) in [6.07, 6.45) is 1.10. The number of aromatic hydroxyl groups is 1. The molecule has 0 atom stereocenters. The first-order valence-corrected chi connectivity index (χ1v) is 9.22. The van der Waals surface area contributed by atoms with Gasteiger partial charge in [0.25, 0.3) is 0 Å². The molecule has 0 saturated carbocycles. The summed E-state index contributed by atoms with van der Waals surface area (Å²) in [6, 6.07) is 8.45. The van der Waals surface area contributed by atoms with Crippen molar-refractivity contribution in [2.75, 3.05) is 0 Å². The fraction of sp³-hybridized carbons (Fsp3) is 0.118. The Kier molecular flexibility index (Phi) is 4.49. The number of nitrogens with zero attached hydrogens (tertiary/aromatic N) is 3. The van der Waals surface area contributed by atoms with Gasteiger partial charge in [-0.05, 0) is 91.4 Å². The Bertz CT molecular complexity index is 1070. The van der Waals surface area contributed by atoms with Crippen LogP contribution in [0.3, 0.4) is 0 Å². The summed E-state index contributed by atoms with van der Waals surface area (Å²) < 4.78 is 21.3. The number of halogens is 3. The van der Waals surface area contributed by atoms with Crippen LogP contribution in [-0.4, -0.2) is 25.7 Å². The van der Waals surface area contributed by atoms with Gasteiger partial charge in [-0.25, -0.2) is 4.39 Å². The molecule has 2 heterocycles. The van der Waals surface area contributed by atoms with Crippen molar-refractivity contribution in [1.82, 2.24) is 20.6 Å². The van der Waals surface area contributed by atoms with Gasteiger partial charge in [-0.15, -0.1) is 10.2 Å². The van der Waals surface area contributed by atoms with Gasteiger partial charge in [-0.2, -0.15) is 5.21 Å². The minimum Gasteiger partial charge on any atom is -0.506 e. The summed E-state index contributed by atoms with van der Waals surface area (Å²) >= 11 is 6.61. The van der Waals surface area contributed by atoms with Crippen molar-refractivity contribution in [3.8, 4) is 17.3 Å². The highest BCUT2D eigenvalue weighted by atomic mass is 79.9. The van der Waals surface area contributed by atoms with Gasteiger partial charge in [-0.1, -0.05) is 0 Å². The third-order valence-electron chi connectivity index (χ3n) is 4.01. The van der Waals surface area contributed by atoms with Gasteiger partial charge in [0, 0.05) is 5.39 Å². The van der Waals surface area contributed by atoms with Crippen molar-refractivity contribution in [1.29, 1.82) is 0 Å². The molecule has 0 saturated heterocycles. The zero-order chi connectivity index (χ0) is 18.3. The molecular weight excluding hydrogens is 471 g/mol. The highest BCUT2D eigenvalue weighted by molar-refractivity contribution is 9.11. The number of phenols is 1. The first kappa shape index (κ1) is 17.2. The Hall–Kier alpha value is -2.26. The van der Waals surface area contributed by atoms with E-state index in [0.29, 0.717) is 49.9 Å². The first-order valence-electron chi connectivity index (χ1n) is 7.64. The number of hydrogen-bond acceptors (Lipinski definition) is 5. The van der Waals surface area contributed by atoms with E-state index in [-0.39, 0.29) is 11.6 Å². The Labute approximate surface area is 163 Å². The number of benzene rings is 2.